The average molecular weight is 297 g/mol. The van der Waals surface area contributed by atoms with Crippen molar-refractivity contribution in [3.63, 3.8) is 0 Å². The Bertz CT molecular complexity index is 277. The van der Waals surface area contributed by atoms with Crippen molar-refractivity contribution in [3.05, 3.63) is 0 Å². The van der Waals surface area contributed by atoms with E-state index in [1.54, 1.807) is 6.92 Å². The number of aliphatic hydroxyl groups is 1. The highest BCUT2D eigenvalue weighted by molar-refractivity contribution is 4.76. The summed E-state index contributed by atoms with van der Waals surface area (Å²) in [6, 6.07) is 0. The van der Waals surface area contributed by atoms with Crippen molar-refractivity contribution in [3.8, 4) is 0 Å². The number of nitrogens with two attached hydrogens (primary N) is 1. The Morgan fingerprint density at radius 2 is 1.60 bits per heavy atom. The van der Waals surface area contributed by atoms with Gasteiger partial charge in [-0.25, -0.2) is 0 Å². The number of rotatable bonds is 7. The Morgan fingerprint density at radius 3 is 2.10 bits per heavy atom. The van der Waals surface area contributed by atoms with Gasteiger partial charge in [-0.2, -0.15) is 13.2 Å². The number of unbranched alkanes of at least 4 members (excludes halogenated alkanes) is 1. The van der Waals surface area contributed by atoms with E-state index in [0.29, 0.717) is 32.6 Å². The van der Waals surface area contributed by atoms with E-state index < -0.39 is 18.3 Å². The van der Waals surface area contributed by atoms with Crippen LogP contribution in [0.1, 0.15) is 26.2 Å². The van der Waals surface area contributed by atoms with Crippen LogP contribution in [0.3, 0.4) is 0 Å². The molecule has 1 aliphatic heterocycles. The average Bonchev–Trinajstić information content (AvgIpc) is 2.35. The van der Waals surface area contributed by atoms with E-state index in [4.69, 9.17) is 5.73 Å². The molecule has 0 aromatic carbocycles. The van der Waals surface area contributed by atoms with E-state index in [1.165, 1.54) is 4.90 Å². The van der Waals surface area contributed by atoms with Crippen molar-refractivity contribution in [2.45, 2.75) is 38.0 Å². The van der Waals surface area contributed by atoms with Gasteiger partial charge in [-0.3, -0.25) is 4.90 Å². The molecule has 1 atom stereocenters. The third-order valence-corrected chi connectivity index (χ3v) is 3.75. The van der Waals surface area contributed by atoms with E-state index in [1.807, 2.05) is 0 Å². The summed E-state index contributed by atoms with van der Waals surface area (Å²) in [4.78, 5) is 3.64. The summed E-state index contributed by atoms with van der Waals surface area (Å²) in [6.07, 6.45) is -1.62. The predicted molar refractivity (Wildman–Crippen MR) is 72.5 cm³/mol. The fraction of sp³-hybridized carbons (Fsp3) is 1.00. The Hall–Kier alpha value is -0.370. The largest absolute Gasteiger partial charge is 0.401 e. The first-order valence-corrected chi connectivity index (χ1v) is 7.16. The lowest BCUT2D eigenvalue weighted by Crippen LogP contribution is -2.49. The lowest BCUT2D eigenvalue weighted by Gasteiger charge is -2.35. The summed E-state index contributed by atoms with van der Waals surface area (Å²) in [6.45, 7) is 4.36. The summed E-state index contributed by atoms with van der Waals surface area (Å²) < 4.78 is 36.7. The van der Waals surface area contributed by atoms with Gasteiger partial charge in [0.1, 0.15) is 0 Å². The minimum absolute atomic E-state index is 0.253. The van der Waals surface area contributed by atoms with Crippen molar-refractivity contribution in [1.82, 2.24) is 9.80 Å². The molecule has 1 fully saturated rings. The van der Waals surface area contributed by atoms with Crippen LogP contribution >= 0.6 is 0 Å². The van der Waals surface area contributed by atoms with Crippen molar-refractivity contribution in [2.24, 2.45) is 5.73 Å². The van der Waals surface area contributed by atoms with Gasteiger partial charge in [0.15, 0.2) is 0 Å². The SMILES string of the molecule is CC(O)(CN)CCCCN1CCN(CC(F)(F)F)CC1. The summed E-state index contributed by atoms with van der Waals surface area (Å²) >= 11 is 0. The highest BCUT2D eigenvalue weighted by Gasteiger charge is 2.31. The fourth-order valence-corrected chi connectivity index (χ4v) is 2.37. The van der Waals surface area contributed by atoms with Gasteiger partial charge >= 0.3 is 6.18 Å². The van der Waals surface area contributed by atoms with E-state index in [-0.39, 0.29) is 6.54 Å². The molecule has 20 heavy (non-hydrogen) atoms. The zero-order valence-electron chi connectivity index (χ0n) is 12.1. The second kappa shape index (κ2) is 7.59. The summed E-state index contributed by atoms with van der Waals surface area (Å²) in [5.74, 6) is 0. The summed E-state index contributed by atoms with van der Waals surface area (Å²) in [5.41, 5.74) is 4.64. The van der Waals surface area contributed by atoms with Crippen LogP contribution in [0.15, 0.2) is 0 Å². The smallest absolute Gasteiger partial charge is 0.389 e. The maximum Gasteiger partial charge on any atom is 0.401 e. The lowest BCUT2D eigenvalue weighted by molar-refractivity contribution is -0.149. The molecular formula is C13H26F3N3O. The minimum Gasteiger partial charge on any atom is -0.389 e. The van der Waals surface area contributed by atoms with E-state index in [9.17, 15) is 18.3 Å². The van der Waals surface area contributed by atoms with Crippen molar-refractivity contribution in [1.29, 1.82) is 0 Å². The second-order valence-corrected chi connectivity index (χ2v) is 5.89. The molecule has 3 N–H and O–H groups in total. The molecule has 7 heteroatoms. The molecule has 1 rings (SSSR count). The first kappa shape index (κ1) is 17.7. The second-order valence-electron chi connectivity index (χ2n) is 5.89. The first-order valence-electron chi connectivity index (χ1n) is 7.16. The van der Waals surface area contributed by atoms with Crippen molar-refractivity contribution < 1.29 is 18.3 Å². The molecule has 0 aromatic heterocycles. The molecule has 0 amide bonds. The number of hydrogen-bond acceptors (Lipinski definition) is 4. The molecule has 0 bridgehead atoms. The molecular weight excluding hydrogens is 271 g/mol. The highest BCUT2D eigenvalue weighted by Crippen LogP contribution is 2.18. The van der Waals surface area contributed by atoms with Crippen molar-refractivity contribution in [2.75, 3.05) is 45.8 Å². The van der Waals surface area contributed by atoms with Gasteiger partial charge in [0.2, 0.25) is 0 Å². The van der Waals surface area contributed by atoms with Crippen LogP contribution in [0.5, 0.6) is 0 Å². The summed E-state index contributed by atoms with van der Waals surface area (Å²) in [7, 11) is 0. The third kappa shape index (κ3) is 7.42. The number of piperazine rings is 1. The monoisotopic (exact) mass is 297 g/mol. The molecule has 0 spiro atoms. The van der Waals surface area contributed by atoms with Gasteiger partial charge in [0, 0.05) is 32.7 Å². The number of alkyl halides is 3. The van der Waals surface area contributed by atoms with Crippen LogP contribution in [0.4, 0.5) is 13.2 Å². The van der Waals surface area contributed by atoms with Crippen LogP contribution in [0.25, 0.3) is 0 Å². The first-order chi connectivity index (χ1) is 9.22. The molecule has 0 radical (unpaired) electrons. The molecule has 0 aliphatic carbocycles. The molecule has 4 nitrogen and oxygen atoms in total. The number of nitrogens with zero attached hydrogens (tertiary/aromatic N) is 2. The fourth-order valence-electron chi connectivity index (χ4n) is 2.37. The maximum atomic E-state index is 12.2. The molecule has 1 unspecified atom stereocenters. The third-order valence-electron chi connectivity index (χ3n) is 3.75. The maximum absolute atomic E-state index is 12.2. The van der Waals surface area contributed by atoms with Gasteiger partial charge in [-0.05, 0) is 32.7 Å². The normalized spacial score (nSPS) is 21.9. The van der Waals surface area contributed by atoms with Crippen LogP contribution in [0.2, 0.25) is 0 Å². The van der Waals surface area contributed by atoms with E-state index in [0.717, 1.165) is 19.4 Å². The highest BCUT2D eigenvalue weighted by atomic mass is 19.4. The van der Waals surface area contributed by atoms with Gasteiger partial charge in [0.25, 0.3) is 0 Å². The van der Waals surface area contributed by atoms with Crippen LogP contribution in [-0.4, -0.2) is 72.5 Å². The minimum atomic E-state index is -4.10. The molecule has 0 saturated carbocycles. The van der Waals surface area contributed by atoms with Gasteiger partial charge in [-0.1, -0.05) is 0 Å². The van der Waals surface area contributed by atoms with Crippen LogP contribution < -0.4 is 5.73 Å². The van der Waals surface area contributed by atoms with Crippen LogP contribution in [0, 0.1) is 0 Å². The zero-order chi connectivity index (χ0) is 15.2. The molecule has 1 aliphatic rings. The Labute approximate surface area is 118 Å². The molecule has 1 heterocycles. The molecule has 120 valence electrons. The van der Waals surface area contributed by atoms with E-state index in [2.05, 4.69) is 4.90 Å². The predicted octanol–water partition coefficient (Wildman–Crippen LogP) is 1.05. The topological polar surface area (TPSA) is 52.7 Å². The van der Waals surface area contributed by atoms with Gasteiger partial charge in [0.05, 0.1) is 12.1 Å². The number of hydrogen-bond donors (Lipinski definition) is 2. The Morgan fingerprint density at radius 1 is 1.05 bits per heavy atom. The molecule has 0 aromatic rings. The lowest BCUT2D eigenvalue weighted by atomic mass is 9.99. The van der Waals surface area contributed by atoms with Gasteiger partial charge < -0.3 is 15.7 Å². The Balaban J connectivity index is 2.11. The van der Waals surface area contributed by atoms with Gasteiger partial charge in [-0.15, -0.1) is 0 Å². The standard InChI is InChI=1S/C13H26F3N3O/c1-12(20,10-17)4-2-3-5-18-6-8-19(9-7-18)11-13(14,15)16/h20H,2-11,17H2,1H3. The van der Waals surface area contributed by atoms with Crippen LogP contribution in [-0.2, 0) is 0 Å². The Kier molecular flexibility index (Phi) is 6.71. The molecule has 1 saturated heterocycles. The zero-order valence-corrected chi connectivity index (χ0v) is 12.1. The van der Waals surface area contributed by atoms with Crippen molar-refractivity contribution >= 4 is 0 Å². The number of halogens is 3. The summed E-state index contributed by atoms with van der Waals surface area (Å²) in [5, 5.41) is 9.75. The van der Waals surface area contributed by atoms with E-state index >= 15 is 0 Å². The quantitative estimate of drug-likeness (QED) is 0.690.